The Morgan fingerprint density at radius 3 is 2.74 bits per heavy atom. The summed E-state index contributed by atoms with van der Waals surface area (Å²) >= 11 is 0. The molecule has 0 saturated heterocycles. The number of methoxy groups -OCH3 is 1. The van der Waals surface area contributed by atoms with Gasteiger partial charge in [0, 0.05) is 23.6 Å². The third-order valence-corrected chi connectivity index (χ3v) is 5.70. The van der Waals surface area contributed by atoms with Crippen molar-refractivity contribution in [3.63, 3.8) is 0 Å². The van der Waals surface area contributed by atoms with Crippen molar-refractivity contribution < 1.29 is 9.47 Å². The molecule has 1 aliphatic heterocycles. The van der Waals surface area contributed by atoms with Crippen molar-refractivity contribution in [1.29, 1.82) is 5.41 Å². The van der Waals surface area contributed by atoms with Gasteiger partial charge in [-0.15, -0.1) is 9.78 Å². The molecule has 5 N–H and O–H groups in total. The zero-order valence-corrected chi connectivity index (χ0v) is 19.0. The Balaban J connectivity index is 1.60. The minimum absolute atomic E-state index is 0.0153. The van der Waals surface area contributed by atoms with Crippen LogP contribution in [-0.2, 0) is 6.42 Å². The van der Waals surface area contributed by atoms with Gasteiger partial charge in [-0.05, 0) is 66.4 Å². The molecule has 178 valence electrons. The highest BCUT2D eigenvalue weighted by atomic mass is 16.5. The monoisotopic (exact) mass is 472 g/mol. The van der Waals surface area contributed by atoms with Gasteiger partial charge in [0.2, 0.25) is 0 Å². The first-order valence-corrected chi connectivity index (χ1v) is 11.0. The molecule has 0 aliphatic carbocycles. The fourth-order valence-corrected chi connectivity index (χ4v) is 4.02. The first-order valence-electron chi connectivity index (χ1n) is 11.0. The number of aromatic nitrogens is 5. The van der Waals surface area contributed by atoms with Crippen LogP contribution < -0.4 is 26.2 Å². The van der Waals surface area contributed by atoms with E-state index < -0.39 is 11.7 Å². The van der Waals surface area contributed by atoms with Gasteiger partial charge in [-0.25, -0.2) is 14.8 Å². The number of H-pyrrole nitrogens is 1. The Labute approximate surface area is 200 Å². The van der Waals surface area contributed by atoms with Gasteiger partial charge in [0.05, 0.1) is 13.7 Å². The van der Waals surface area contributed by atoms with E-state index in [4.69, 9.17) is 20.6 Å². The van der Waals surface area contributed by atoms with Crippen LogP contribution in [0.15, 0.2) is 59.7 Å². The van der Waals surface area contributed by atoms with Gasteiger partial charge in [0.25, 0.3) is 5.95 Å². The van der Waals surface area contributed by atoms with Gasteiger partial charge in [-0.2, -0.15) is 0 Å². The second kappa shape index (κ2) is 9.29. The number of nitrogen functional groups attached to an aromatic ring is 1. The van der Waals surface area contributed by atoms with Crippen molar-refractivity contribution in [2.45, 2.75) is 18.9 Å². The lowest BCUT2D eigenvalue weighted by Gasteiger charge is -2.24. The molecule has 4 aromatic rings. The van der Waals surface area contributed by atoms with Crippen LogP contribution in [0.25, 0.3) is 5.95 Å². The van der Waals surface area contributed by atoms with E-state index >= 15 is 0 Å². The number of aryl methyl sites for hydroxylation is 1. The molecule has 2 aromatic heterocycles. The van der Waals surface area contributed by atoms with Crippen LogP contribution in [0, 0.1) is 5.41 Å². The maximum Gasteiger partial charge on any atom is 0.350 e. The van der Waals surface area contributed by atoms with Gasteiger partial charge >= 0.3 is 5.69 Å². The fraction of sp³-hybridized carbons (Fsp3) is 0.208. The molecule has 1 atom stereocenters. The van der Waals surface area contributed by atoms with Crippen LogP contribution in [0.2, 0.25) is 0 Å². The molecule has 2 aromatic carbocycles. The highest BCUT2D eigenvalue weighted by molar-refractivity contribution is 5.95. The van der Waals surface area contributed by atoms with E-state index in [0.717, 1.165) is 40.1 Å². The number of fused-ring (bicyclic) bond motifs is 1. The third-order valence-electron chi connectivity index (χ3n) is 5.70. The quantitative estimate of drug-likeness (QED) is 0.235. The van der Waals surface area contributed by atoms with Crippen molar-refractivity contribution in [3.8, 4) is 17.4 Å². The highest BCUT2D eigenvalue weighted by Crippen LogP contribution is 2.39. The fourth-order valence-electron chi connectivity index (χ4n) is 4.02. The van der Waals surface area contributed by atoms with E-state index in [1.165, 1.54) is 0 Å². The number of hydrogen-bond acceptors (Lipinski definition) is 8. The van der Waals surface area contributed by atoms with E-state index in [2.05, 4.69) is 25.4 Å². The minimum Gasteiger partial charge on any atom is -0.493 e. The van der Waals surface area contributed by atoms with E-state index in [1.807, 2.05) is 24.3 Å². The molecule has 0 radical (unpaired) electrons. The molecule has 0 saturated carbocycles. The van der Waals surface area contributed by atoms with Crippen molar-refractivity contribution in [2.24, 2.45) is 5.73 Å². The lowest BCUT2D eigenvalue weighted by molar-refractivity contribution is 0.269. The predicted molar refractivity (Wildman–Crippen MR) is 130 cm³/mol. The van der Waals surface area contributed by atoms with Crippen LogP contribution in [0.3, 0.4) is 0 Å². The average Bonchev–Trinajstić information content (AvgIpc) is 3.28. The maximum absolute atomic E-state index is 12.8. The van der Waals surface area contributed by atoms with E-state index in [1.54, 1.807) is 37.7 Å². The number of anilines is 1. The summed E-state index contributed by atoms with van der Waals surface area (Å²) in [6.45, 7) is 0.641. The topological polar surface area (TPSA) is 157 Å². The third kappa shape index (κ3) is 4.43. The minimum atomic E-state index is -0.544. The van der Waals surface area contributed by atoms with Gasteiger partial charge in [0.1, 0.15) is 11.9 Å². The Morgan fingerprint density at radius 1 is 1.26 bits per heavy atom. The number of nitrogens with two attached hydrogens (primary N) is 1. The molecule has 1 unspecified atom stereocenters. The molecule has 35 heavy (non-hydrogen) atoms. The SMILES string of the molecule is COc1cc(C(Nc2ccc(C(=N)N)cc2)c2nn(-c3ncccn3)c(=O)[nH]2)cc2c1OCCC2. The smallest absolute Gasteiger partial charge is 0.350 e. The van der Waals surface area contributed by atoms with E-state index in [9.17, 15) is 4.79 Å². The molecular weight excluding hydrogens is 448 g/mol. The number of nitrogens with one attached hydrogen (secondary N) is 3. The Morgan fingerprint density at radius 2 is 2.03 bits per heavy atom. The summed E-state index contributed by atoms with van der Waals surface area (Å²) in [6, 6.07) is 12.2. The number of aromatic amines is 1. The Kier molecular flexibility index (Phi) is 5.88. The van der Waals surface area contributed by atoms with Crippen molar-refractivity contribution in [2.75, 3.05) is 19.0 Å². The summed E-state index contributed by atoms with van der Waals surface area (Å²) in [5, 5.41) is 15.6. The summed E-state index contributed by atoms with van der Waals surface area (Å²) in [4.78, 5) is 23.9. The highest BCUT2D eigenvalue weighted by Gasteiger charge is 2.25. The largest absolute Gasteiger partial charge is 0.493 e. The summed E-state index contributed by atoms with van der Waals surface area (Å²) in [7, 11) is 1.60. The number of amidine groups is 1. The van der Waals surface area contributed by atoms with Gasteiger partial charge in [0.15, 0.2) is 17.3 Å². The lowest BCUT2D eigenvalue weighted by atomic mass is 9.97. The average molecular weight is 473 g/mol. The standard InChI is InChI=1S/C24H24N8O3/c1-34-18-13-16(12-15-4-2-11-35-20(15)18)19(29-17-7-5-14(6-8-17)21(25)26)22-30-24(33)32(31-22)23-27-9-3-10-28-23/h3,5-10,12-13,19,29H,2,4,11H2,1H3,(H3,25,26)(H,30,31,33). The summed E-state index contributed by atoms with van der Waals surface area (Å²) in [6.07, 6.45) is 4.84. The molecule has 1 aliphatic rings. The zero-order chi connectivity index (χ0) is 24.4. The van der Waals surface area contributed by atoms with Crippen LogP contribution in [-0.4, -0.2) is 44.3 Å². The van der Waals surface area contributed by atoms with E-state index in [-0.39, 0.29) is 11.8 Å². The molecule has 0 amide bonds. The van der Waals surface area contributed by atoms with Crippen LogP contribution in [0.1, 0.15) is 35.0 Å². The van der Waals surface area contributed by atoms with Crippen molar-refractivity contribution in [3.05, 3.63) is 87.9 Å². The molecular formula is C24H24N8O3. The van der Waals surface area contributed by atoms with E-state index in [0.29, 0.717) is 23.7 Å². The van der Waals surface area contributed by atoms with Crippen LogP contribution in [0.5, 0.6) is 11.5 Å². The Bertz CT molecular complexity index is 1400. The number of hydrogen-bond donors (Lipinski definition) is 4. The molecule has 11 heteroatoms. The number of nitrogens with zero attached hydrogens (tertiary/aromatic N) is 4. The summed E-state index contributed by atoms with van der Waals surface area (Å²) in [5.74, 6) is 1.88. The first kappa shape index (κ1) is 22.1. The second-order valence-electron chi connectivity index (χ2n) is 8.01. The lowest BCUT2D eigenvalue weighted by Crippen LogP contribution is -2.18. The first-order chi connectivity index (χ1) is 17.0. The second-order valence-corrected chi connectivity index (χ2v) is 8.01. The number of rotatable bonds is 7. The number of benzene rings is 2. The van der Waals surface area contributed by atoms with Gasteiger partial charge in [-0.1, -0.05) is 0 Å². The van der Waals surface area contributed by atoms with Crippen LogP contribution in [0.4, 0.5) is 5.69 Å². The molecule has 5 rings (SSSR count). The maximum atomic E-state index is 12.8. The molecule has 3 heterocycles. The zero-order valence-electron chi connectivity index (χ0n) is 19.0. The van der Waals surface area contributed by atoms with Crippen molar-refractivity contribution >= 4 is 11.5 Å². The Hall–Kier alpha value is -4.67. The molecule has 0 spiro atoms. The van der Waals surface area contributed by atoms with Gasteiger partial charge in [-0.3, -0.25) is 10.4 Å². The van der Waals surface area contributed by atoms with Crippen LogP contribution >= 0.6 is 0 Å². The summed E-state index contributed by atoms with van der Waals surface area (Å²) in [5.41, 5.74) is 8.35. The van der Waals surface area contributed by atoms with Crippen molar-refractivity contribution in [1.82, 2.24) is 24.7 Å². The molecule has 0 bridgehead atoms. The number of ether oxygens (including phenoxy) is 2. The van der Waals surface area contributed by atoms with Gasteiger partial charge < -0.3 is 20.5 Å². The normalized spacial score (nSPS) is 13.4. The molecule has 11 nitrogen and oxygen atoms in total. The predicted octanol–water partition coefficient (Wildman–Crippen LogP) is 2.17. The molecule has 0 fully saturated rings. The summed E-state index contributed by atoms with van der Waals surface area (Å²) < 4.78 is 12.6.